The Hall–Kier alpha value is -0.980. The largest absolute Gasteiger partial charge is 0.374 e. The number of aromatic nitrogens is 3. The van der Waals surface area contributed by atoms with Gasteiger partial charge >= 0.3 is 0 Å². The summed E-state index contributed by atoms with van der Waals surface area (Å²) in [5.41, 5.74) is 1.84. The highest BCUT2D eigenvalue weighted by Gasteiger charge is 2.17. The average molecular weight is 311 g/mol. The molecule has 0 spiro atoms. The molecule has 3 heterocycles. The second kappa shape index (κ2) is 4.95. The minimum atomic E-state index is 0.203. The van der Waals surface area contributed by atoms with Crippen LogP contribution in [0.1, 0.15) is 5.82 Å². The predicted molar refractivity (Wildman–Crippen MR) is 72.6 cm³/mol. The lowest BCUT2D eigenvalue weighted by molar-refractivity contribution is 0.0185. The Balaban J connectivity index is 1.94. The molecule has 1 N–H and O–H groups in total. The molecular weight excluding hydrogens is 296 g/mol. The Labute approximate surface area is 114 Å². The van der Waals surface area contributed by atoms with Crippen molar-refractivity contribution in [2.24, 2.45) is 0 Å². The molecule has 3 rings (SSSR count). The third-order valence-corrected chi connectivity index (χ3v) is 3.59. The average Bonchev–Trinajstić information content (AvgIpc) is 2.67. The summed E-state index contributed by atoms with van der Waals surface area (Å²) >= 11 is 3.45. The summed E-state index contributed by atoms with van der Waals surface area (Å²) in [5, 5.41) is 3.34. The molecule has 0 aliphatic carbocycles. The van der Waals surface area contributed by atoms with Crippen LogP contribution in [0.2, 0.25) is 0 Å². The number of aryl methyl sites for hydroxylation is 1. The number of pyridine rings is 1. The van der Waals surface area contributed by atoms with Gasteiger partial charge in [0.15, 0.2) is 5.65 Å². The van der Waals surface area contributed by atoms with Gasteiger partial charge in [-0.3, -0.25) is 0 Å². The van der Waals surface area contributed by atoms with Crippen molar-refractivity contribution < 1.29 is 4.74 Å². The molecule has 2 aromatic heterocycles. The van der Waals surface area contributed by atoms with E-state index in [9.17, 15) is 0 Å². The van der Waals surface area contributed by atoms with Crippen LogP contribution in [0.5, 0.6) is 0 Å². The van der Waals surface area contributed by atoms with E-state index in [4.69, 9.17) is 4.74 Å². The van der Waals surface area contributed by atoms with E-state index in [1.165, 1.54) is 0 Å². The van der Waals surface area contributed by atoms with Crippen molar-refractivity contribution in [3.05, 3.63) is 22.6 Å². The molecule has 1 fully saturated rings. The lowest BCUT2D eigenvalue weighted by Crippen LogP contribution is -2.40. The molecule has 5 nitrogen and oxygen atoms in total. The first-order valence-electron chi connectivity index (χ1n) is 6.05. The SMILES string of the molecule is Cc1nc2ncc(Br)cc2n1CC1CNCCO1. The van der Waals surface area contributed by atoms with Gasteiger partial charge in [0.2, 0.25) is 0 Å². The van der Waals surface area contributed by atoms with Crippen molar-refractivity contribution in [3.63, 3.8) is 0 Å². The van der Waals surface area contributed by atoms with Gasteiger partial charge in [0.25, 0.3) is 0 Å². The van der Waals surface area contributed by atoms with Crippen molar-refractivity contribution in [2.45, 2.75) is 19.6 Å². The number of imidazole rings is 1. The molecule has 1 aliphatic rings. The fourth-order valence-corrected chi connectivity index (χ4v) is 2.58. The maximum atomic E-state index is 5.74. The normalized spacial score (nSPS) is 20.4. The zero-order chi connectivity index (χ0) is 12.5. The van der Waals surface area contributed by atoms with Crippen LogP contribution < -0.4 is 5.32 Å². The quantitative estimate of drug-likeness (QED) is 0.913. The molecule has 2 aromatic rings. The molecule has 0 amide bonds. The van der Waals surface area contributed by atoms with Crippen LogP contribution in [0, 0.1) is 6.92 Å². The predicted octanol–water partition coefficient (Wildman–Crippen LogP) is 1.49. The molecule has 0 radical (unpaired) electrons. The van der Waals surface area contributed by atoms with E-state index in [2.05, 4.69) is 41.8 Å². The minimum absolute atomic E-state index is 0.203. The van der Waals surface area contributed by atoms with Crippen LogP contribution in [0.25, 0.3) is 11.2 Å². The molecule has 1 unspecified atom stereocenters. The fourth-order valence-electron chi connectivity index (χ4n) is 2.27. The van der Waals surface area contributed by atoms with Gasteiger partial charge in [-0.1, -0.05) is 0 Å². The number of halogens is 1. The molecule has 1 aliphatic heterocycles. The van der Waals surface area contributed by atoms with Gasteiger partial charge in [-0.05, 0) is 28.9 Å². The van der Waals surface area contributed by atoms with Crippen molar-refractivity contribution in [2.75, 3.05) is 19.7 Å². The summed E-state index contributed by atoms with van der Waals surface area (Å²) in [6.07, 6.45) is 1.98. The Kier molecular flexibility index (Phi) is 3.32. The number of ether oxygens (including phenoxy) is 1. The van der Waals surface area contributed by atoms with Crippen molar-refractivity contribution in [3.8, 4) is 0 Å². The highest BCUT2D eigenvalue weighted by Crippen LogP contribution is 2.19. The number of hydrogen-bond acceptors (Lipinski definition) is 4. The second-order valence-electron chi connectivity index (χ2n) is 4.46. The maximum Gasteiger partial charge on any atom is 0.177 e. The molecule has 0 bridgehead atoms. The van der Waals surface area contributed by atoms with Gasteiger partial charge in [-0.25, -0.2) is 9.97 Å². The molecule has 1 atom stereocenters. The molecule has 1 saturated heterocycles. The smallest absolute Gasteiger partial charge is 0.177 e. The Morgan fingerprint density at radius 3 is 3.28 bits per heavy atom. The van der Waals surface area contributed by atoms with Gasteiger partial charge in [0.1, 0.15) is 5.82 Å². The van der Waals surface area contributed by atoms with Crippen LogP contribution in [0.3, 0.4) is 0 Å². The van der Waals surface area contributed by atoms with E-state index in [0.29, 0.717) is 0 Å². The van der Waals surface area contributed by atoms with Gasteiger partial charge in [0, 0.05) is 23.8 Å². The Morgan fingerprint density at radius 2 is 2.50 bits per heavy atom. The Bertz CT molecular complexity index is 562. The third kappa shape index (κ3) is 2.28. The zero-order valence-electron chi connectivity index (χ0n) is 10.2. The van der Waals surface area contributed by atoms with Crippen LogP contribution in [0.4, 0.5) is 0 Å². The maximum absolute atomic E-state index is 5.74. The summed E-state index contributed by atoms with van der Waals surface area (Å²) in [5.74, 6) is 0.977. The first-order chi connectivity index (χ1) is 8.74. The standard InChI is InChI=1S/C12H15BrN4O/c1-8-16-12-11(4-9(13)5-15-12)17(8)7-10-6-14-2-3-18-10/h4-5,10,14H,2-3,6-7H2,1H3. The summed E-state index contributed by atoms with van der Waals surface area (Å²) in [4.78, 5) is 8.79. The Morgan fingerprint density at radius 1 is 1.61 bits per heavy atom. The number of rotatable bonds is 2. The molecule has 18 heavy (non-hydrogen) atoms. The minimum Gasteiger partial charge on any atom is -0.374 e. The van der Waals surface area contributed by atoms with Crippen molar-refractivity contribution in [1.82, 2.24) is 19.9 Å². The molecule has 0 aromatic carbocycles. The van der Waals surface area contributed by atoms with Gasteiger partial charge < -0.3 is 14.6 Å². The molecule has 96 valence electrons. The summed E-state index contributed by atoms with van der Waals surface area (Å²) < 4.78 is 8.88. The summed E-state index contributed by atoms with van der Waals surface area (Å²) in [6.45, 7) is 5.42. The van der Waals surface area contributed by atoms with Crippen LogP contribution in [0.15, 0.2) is 16.7 Å². The summed E-state index contributed by atoms with van der Waals surface area (Å²) in [7, 11) is 0. The highest BCUT2D eigenvalue weighted by molar-refractivity contribution is 9.10. The fraction of sp³-hybridized carbons (Fsp3) is 0.500. The number of nitrogens with zero attached hydrogens (tertiary/aromatic N) is 3. The van der Waals surface area contributed by atoms with Gasteiger partial charge in [-0.15, -0.1) is 0 Å². The molecule has 0 saturated carbocycles. The lowest BCUT2D eigenvalue weighted by Gasteiger charge is -2.24. The van der Waals surface area contributed by atoms with Crippen molar-refractivity contribution >= 4 is 27.1 Å². The number of hydrogen-bond donors (Lipinski definition) is 1. The van der Waals surface area contributed by atoms with E-state index in [1.54, 1.807) is 6.20 Å². The zero-order valence-corrected chi connectivity index (χ0v) is 11.8. The van der Waals surface area contributed by atoms with Gasteiger partial charge in [0.05, 0.1) is 24.8 Å². The van der Waals surface area contributed by atoms with E-state index in [0.717, 1.165) is 47.7 Å². The van der Waals surface area contributed by atoms with Gasteiger partial charge in [-0.2, -0.15) is 0 Å². The monoisotopic (exact) mass is 310 g/mol. The van der Waals surface area contributed by atoms with E-state index < -0.39 is 0 Å². The number of morpholine rings is 1. The topological polar surface area (TPSA) is 52.0 Å². The number of fused-ring (bicyclic) bond motifs is 1. The van der Waals surface area contributed by atoms with Crippen molar-refractivity contribution in [1.29, 1.82) is 0 Å². The molecule has 6 heteroatoms. The first-order valence-corrected chi connectivity index (χ1v) is 6.84. The van der Waals surface area contributed by atoms with E-state index in [-0.39, 0.29) is 6.10 Å². The van der Waals surface area contributed by atoms with Crippen LogP contribution >= 0.6 is 15.9 Å². The van der Waals surface area contributed by atoms with Crippen LogP contribution in [-0.4, -0.2) is 40.3 Å². The first kappa shape index (κ1) is 12.1. The van der Waals surface area contributed by atoms with E-state index >= 15 is 0 Å². The third-order valence-electron chi connectivity index (χ3n) is 3.15. The highest BCUT2D eigenvalue weighted by atomic mass is 79.9. The molecular formula is C12H15BrN4O. The summed E-state index contributed by atoms with van der Waals surface area (Å²) in [6, 6.07) is 2.05. The second-order valence-corrected chi connectivity index (χ2v) is 5.38. The lowest BCUT2D eigenvalue weighted by atomic mass is 10.3. The van der Waals surface area contributed by atoms with Crippen LogP contribution in [-0.2, 0) is 11.3 Å². The van der Waals surface area contributed by atoms with E-state index in [1.807, 2.05) is 6.92 Å². The number of nitrogens with one attached hydrogen (secondary N) is 1.